The van der Waals surface area contributed by atoms with Crippen molar-refractivity contribution in [2.75, 3.05) is 6.61 Å². The first-order valence-corrected chi connectivity index (χ1v) is 10.6. The number of nitrogens with one attached hydrogen (secondary N) is 2. The van der Waals surface area contributed by atoms with Crippen molar-refractivity contribution in [3.05, 3.63) is 101 Å². The zero-order valence-corrected chi connectivity index (χ0v) is 18.1. The van der Waals surface area contributed by atoms with Crippen LogP contribution in [0.4, 0.5) is 0 Å². The Hall–Kier alpha value is -3.93. The molecule has 0 spiro atoms. The van der Waals surface area contributed by atoms with Crippen molar-refractivity contribution in [1.29, 1.82) is 0 Å². The Morgan fingerprint density at radius 3 is 2.50 bits per heavy atom. The molecule has 1 aliphatic rings. The van der Waals surface area contributed by atoms with Gasteiger partial charge in [0.05, 0.1) is 6.61 Å². The molecule has 4 rings (SSSR count). The molecule has 3 aromatic rings. The van der Waals surface area contributed by atoms with Crippen molar-refractivity contribution in [2.45, 2.75) is 25.9 Å². The Balaban J connectivity index is 1.65. The number of benzene rings is 3. The molecule has 2 N–H and O–H groups in total. The summed E-state index contributed by atoms with van der Waals surface area (Å²) in [4.78, 5) is 25.8. The maximum Gasteiger partial charge on any atom is 0.304 e. The van der Waals surface area contributed by atoms with E-state index in [0.717, 1.165) is 22.4 Å². The van der Waals surface area contributed by atoms with Crippen LogP contribution in [0.2, 0.25) is 0 Å². The highest BCUT2D eigenvalue weighted by atomic mass is 16.5. The van der Waals surface area contributed by atoms with Crippen LogP contribution >= 0.6 is 0 Å². The molecule has 32 heavy (non-hydrogen) atoms. The first-order valence-electron chi connectivity index (χ1n) is 10.6. The van der Waals surface area contributed by atoms with Gasteiger partial charge in [0.1, 0.15) is 5.75 Å². The fraction of sp³-hybridized carbons (Fsp3) is 0.192. The molecule has 0 aromatic heterocycles. The van der Waals surface area contributed by atoms with E-state index in [1.54, 1.807) is 10.8 Å². The second kappa shape index (κ2) is 9.47. The lowest BCUT2D eigenvalue weighted by molar-refractivity contribution is -0.596. The van der Waals surface area contributed by atoms with Crippen LogP contribution in [-0.2, 0) is 4.79 Å². The molecule has 0 bridgehead atoms. The van der Waals surface area contributed by atoms with Crippen LogP contribution in [0.25, 0.3) is 0 Å². The van der Waals surface area contributed by atoms with Crippen LogP contribution in [0.3, 0.4) is 0 Å². The fourth-order valence-electron chi connectivity index (χ4n) is 3.82. The van der Waals surface area contributed by atoms with E-state index in [1.807, 2.05) is 92.9 Å². The Labute approximate surface area is 187 Å². The number of hydrogen-bond donors (Lipinski definition) is 2. The van der Waals surface area contributed by atoms with Gasteiger partial charge in [-0.2, -0.15) is 0 Å². The van der Waals surface area contributed by atoms with Crippen LogP contribution in [0.1, 0.15) is 40.0 Å². The minimum Gasteiger partial charge on any atom is -0.494 e. The second-order valence-electron chi connectivity index (χ2n) is 7.69. The maximum atomic E-state index is 12.9. The van der Waals surface area contributed by atoms with E-state index in [0.29, 0.717) is 12.2 Å². The van der Waals surface area contributed by atoms with Crippen molar-refractivity contribution in [3.63, 3.8) is 0 Å². The van der Waals surface area contributed by atoms with Gasteiger partial charge in [-0.3, -0.25) is 9.59 Å². The molecule has 0 radical (unpaired) electrons. The van der Waals surface area contributed by atoms with Crippen molar-refractivity contribution in [3.8, 4) is 5.75 Å². The number of ether oxygens (including phenoxy) is 1. The number of amides is 2. The Kier molecular flexibility index (Phi) is 6.31. The molecule has 2 amide bonds. The highest BCUT2D eigenvalue weighted by Gasteiger charge is 2.47. The zero-order chi connectivity index (χ0) is 22.5. The SMILES string of the molecule is CCOc1ccc(/C=[N+]2\NC(=O)[C@H](NC(=O)c3cccc(C)c3)[C@@H]2c2ccccc2)cc1. The summed E-state index contributed by atoms with van der Waals surface area (Å²) in [5.41, 5.74) is 6.24. The predicted molar refractivity (Wildman–Crippen MR) is 123 cm³/mol. The summed E-state index contributed by atoms with van der Waals surface area (Å²) in [6.45, 7) is 4.47. The summed E-state index contributed by atoms with van der Waals surface area (Å²) in [6, 6.07) is 23.5. The van der Waals surface area contributed by atoms with E-state index in [2.05, 4.69) is 10.7 Å². The quantitative estimate of drug-likeness (QED) is 0.591. The molecule has 1 saturated heterocycles. The number of hydrogen-bond acceptors (Lipinski definition) is 3. The molecule has 6 heteroatoms. The lowest BCUT2D eigenvalue weighted by Gasteiger charge is -2.15. The highest BCUT2D eigenvalue weighted by molar-refractivity contribution is 5.98. The van der Waals surface area contributed by atoms with E-state index in [-0.39, 0.29) is 11.8 Å². The van der Waals surface area contributed by atoms with Gasteiger partial charge in [-0.25, -0.2) is 0 Å². The van der Waals surface area contributed by atoms with E-state index in [4.69, 9.17) is 4.74 Å². The molecule has 162 valence electrons. The minimum absolute atomic E-state index is 0.262. The van der Waals surface area contributed by atoms with E-state index in [1.165, 1.54) is 0 Å². The van der Waals surface area contributed by atoms with Gasteiger partial charge in [0.2, 0.25) is 12.3 Å². The first kappa shape index (κ1) is 21.3. The Morgan fingerprint density at radius 1 is 1.06 bits per heavy atom. The van der Waals surface area contributed by atoms with Gasteiger partial charge in [-0.05, 0) is 50.2 Å². The van der Waals surface area contributed by atoms with Crippen LogP contribution in [-0.4, -0.2) is 35.4 Å². The van der Waals surface area contributed by atoms with Crippen molar-refractivity contribution >= 4 is 18.0 Å². The predicted octanol–water partition coefficient (Wildman–Crippen LogP) is 3.41. The smallest absolute Gasteiger partial charge is 0.304 e. The standard InChI is InChI=1S/C26H25N3O3/c1-3-32-22-14-12-19(13-15-22)17-29-24(20-9-5-4-6-10-20)23(26(31)28-29)27-25(30)21-11-7-8-18(2)16-21/h4-17,23-24H,3H2,1-2H3,(H-,27,28,30,31)/p+1/b29-17-/t23-,24+/m1/s1. The number of carbonyl (C=O) groups excluding carboxylic acids is 2. The van der Waals surface area contributed by atoms with Gasteiger partial charge in [0.25, 0.3) is 5.91 Å². The van der Waals surface area contributed by atoms with Crippen molar-refractivity contribution in [2.24, 2.45) is 0 Å². The number of aryl methyl sites for hydroxylation is 1. The van der Waals surface area contributed by atoms with Gasteiger partial charge in [-0.1, -0.05) is 48.0 Å². The maximum absolute atomic E-state index is 12.9. The number of hydrazone groups is 1. The lowest BCUT2D eigenvalue weighted by atomic mass is 9.99. The molecule has 2 atom stereocenters. The molecular formula is C26H26N3O3+. The van der Waals surface area contributed by atoms with Crippen molar-refractivity contribution in [1.82, 2.24) is 10.7 Å². The molecule has 0 unspecified atom stereocenters. The second-order valence-corrected chi connectivity index (χ2v) is 7.69. The van der Waals surface area contributed by atoms with E-state index >= 15 is 0 Å². The third-order valence-corrected chi connectivity index (χ3v) is 5.32. The van der Waals surface area contributed by atoms with Gasteiger partial charge in [0.15, 0.2) is 6.04 Å². The topological polar surface area (TPSA) is 70.4 Å². The summed E-state index contributed by atoms with van der Waals surface area (Å²) >= 11 is 0. The monoisotopic (exact) mass is 428 g/mol. The summed E-state index contributed by atoms with van der Waals surface area (Å²) < 4.78 is 7.26. The summed E-state index contributed by atoms with van der Waals surface area (Å²) in [5.74, 6) is 0.248. The van der Waals surface area contributed by atoms with Gasteiger partial charge >= 0.3 is 5.91 Å². The van der Waals surface area contributed by atoms with Crippen LogP contribution in [0, 0.1) is 6.92 Å². The highest BCUT2D eigenvalue weighted by Crippen LogP contribution is 2.25. The third-order valence-electron chi connectivity index (χ3n) is 5.32. The molecule has 3 aromatic carbocycles. The molecule has 1 fully saturated rings. The van der Waals surface area contributed by atoms with Crippen molar-refractivity contribution < 1.29 is 19.0 Å². The molecular weight excluding hydrogens is 402 g/mol. The number of hydrazine groups is 1. The van der Waals surface area contributed by atoms with Crippen LogP contribution in [0.15, 0.2) is 78.9 Å². The van der Waals surface area contributed by atoms with E-state index < -0.39 is 12.1 Å². The van der Waals surface area contributed by atoms with E-state index in [9.17, 15) is 9.59 Å². The summed E-state index contributed by atoms with van der Waals surface area (Å²) in [6.07, 6.45) is 1.87. The third kappa shape index (κ3) is 4.70. The number of carbonyl (C=O) groups is 2. The Bertz CT molecular complexity index is 1140. The molecule has 0 saturated carbocycles. The van der Waals surface area contributed by atoms with Crippen LogP contribution in [0.5, 0.6) is 5.75 Å². The van der Waals surface area contributed by atoms with Gasteiger partial charge in [0, 0.05) is 16.7 Å². The summed E-state index contributed by atoms with van der Waals surface area (Å²) in [7, 11) is 0. The number of nitrogens with zero attached hydrogens (tertiary/aromatic N) is 1. The number of rotatable bonds is 6. The molecule has 0 aliphatic carbocycles. The first-order chi connectivity index (χ1) is 15.5. The van der Waals surface area contributed by atoms with Crippen LogP contribution < -0.4 is 15.5 Å². The van der Waals surface area contributed by atoms with Gasteiger partial charge < -0.3 is 10.1 Å². The summed E-state index contributed by atoms with van der Waals surface area (Å²) in [5, 5.41) is 2.93. The zero-order valence-electron chi connectivity index (χ0n) is 18.1. The average Bonchev–Trinajstić information content (AvgIpc) is 3.10. The Morgan fingerprint density at radius 2 is 1.81 bits per heavy atom. The minimum atomic E-state index is -0.746. The largest absolute Gasteiger partial charge is 0.494 e. The fourth-order valence-corrected chi connectivity index (χ4v) is 3.82. The molecule has 1 heterocycles. The lowest BCUT2D eigenvalue weighted by Crippen LogP contribution is -2.42. The molecule has 6 nitrogen and oxygen atoms in total. The molecule has 1 aliphatic heterocycles. The normalized spacial score (nSPS) is 18.9. The average molecular weight is 429 g/mol. The van der Waals surface area contributed by atoms with Gasteiger partial charge in [-0.15, -0.1) is 10.1 Å².